The zero-order valence-corrected chi connectivity index (χ0v) is 11.3. The minimum atomic E-state index is 0.391. The van der Waals surface area contributed by atoms with Crippen molar-refractivity contribution in [3.8, 4) is 0 Å². The zero-order valence-electron chi connectivity index (χ0n) is 11.3. The molecule has 0 aromatic heterocycles. The molecule has 0 amide bonds. The van der Waals surface area contributed by atoms with Gasteiger partial charge in [-0.05, 0) is 38.1 Å². The number of rotatable bonds is 4. The highest BCUT2D eigenvalue weighted by molar-refractivity contribution is 5.53. The molecule has 18 heavy (non-hydrogen) atoms. The molecular weight excluding hydrogens is 226 g/mol. The highest BCUT2D eigenvalue weighted by atomic mass is 16.5. The van der Waals surface area contributed by atoms with Gasteiger partial charge in [-0.3, -0.25) is 4.90 Å². The summed E-state index contributed by atoms with van der Waals surface area (Å²) in [6.07, 6.45) is 0.391. The Labute approximate surface area is 109 Å². The average Bonchev–Trinajstić information content (AvgIpc) is 2.42. The number of nitrogens with zero attached hydrogens (tertiary/aromatic N) is 2. The summed E-state index contributed by atoms with van der Waals surface area (Å²) in [6.45, 7) is 9.12. The fraction of sp³-hybridized carbons (Fsp3) is 0.571. The fourth-order valence-electron chi connectivity index (χ4n) is 2.48. The molecule has 0 saturated carbocycles. The molecule has 1 aromatic rings. The Morgan fingerprint density at radius 1 is 1.28 bits per heavy atom. The smallest absolute Gasteiger partial charge is 0.0793 e. The third kappa shape index (κ3) is 2.94. The van der Waals surface area contributed by atoms with Crippen molar-refractivity contribution >= 4 is 11.4 Å². The summed E-state index contributed by atoms with van der Waals surface area (Å²) in [7, 11) is 0. The van der Waals surface area contributed by atoms with Gasteiger partial charge >= 0.3 is 0 Å². The molecule has 0 aliphatic carbocycles. The van der Waals surface area contributed by atoms with Gasteiger partial charge in [0.1, 0.15) is 0 Å². The van der Waals surface area contributed by atoms with Crippen molar-refractivity contribution in [1.82, 2.24) is 4.90 Å². The van der Waals surface area contributed by atoms with Gasteiger partial charge in [0.25, 0.3) is 0 Å². The second kappa shape index (κ2) is 6.07. The van der Waals surface area contributed by atoms with E-state index in [9.17, 15) is 0 Å². The van der Waals surface area contributed by atoms with Gasteiger partial charge in [-0.1, -0.05) is 0 Å². The summed E-state index contributed by atoms with van der Waals surface area (Å²) in [4.78, 5) is 4.86. The first-order chi connectivity index (χ1) is 8.72. The van der Waals surface area contributed by atoms with Gasteiger partial charge in [-0.15, -0.1) is 0 Å². The van der Waals surface area contributed by atoms with Crippen molar-refractivity contribution in [2.45, 2.75) is 20.0 Å². The van der Waals surface area contributed by atoms with E-state index in [-0.39, 0.29) is 0 Å². The Bertz CT molecular complexity index is 360. The lowest BCUT2D eigenvalue weighted by Gasteiger charge is -2.40. The summed E-state index contributed by atoms with van der Waals surface area (Å²) in [5.41, 5.74) is 7.78. The van der Waals surface area contributed by atoms with Gasteiger partial charge in [0.2, 0.25) is 0 Å². The quantitative estimate of drug-likeness (QED) is 0.826. The average molecular weight is 249 g/mol. The first-order valence-corrected chi connectivity index (χ1v) is 6.66. The number of benzene rings is 1. The second-order valence-electron chi connectivity index (χ2n) is 4.66. The van der Waals surface area contributed by atoms with E-state index in [1.54, 1.807) is 0 Å². The largest absolute Gasteiger partial charge is 0.399 e. The lowest BCUT2D eigenvalue weighted by molar-refractivity contribution is 0.0198. The molecule has 1 heterocycles. The van der Waals surface area contributed by atoms with Crippen molar-refractivity contribution in [2.75, 3.05) is 43.5 Å². The van der Waals surface area contributed by atoms with Crippen molar-refractivity contribution < 1.29 is 4.74 Å². The minimum absolute atomic E-state index is 0.391. The van der Waals surface area contributed by atoms with Crippen molar-refractivity contribution in [3.63, 3.8) is 0 Å². The molecule has 2 rings (SSSR count). The van der Waals surface area contributed by atoms with Gasteiger partial charge in [0.05, 0.1) is 19.4 Å². The molecule has 1 aromatic carbocycles. The first-order valence-electron chi connectivity index (χ1n) is 6.66. The van der Waals surface area contributed by atoms with Crippen LogP contribution in [0.4, 0.5) is 11.4 Å². The van der Waals surface area contributed by atoms with E-state index in [0.29, 0.717) is 6.17 Å². The van der Waals surface area contributed by atoms with Crippen molar-refractivity contribution in [1.29, 1.82) is 0 Å². The van der Waals surface area contributed by atoms with Crippen LogP contribution in [0.1, 0.15) is 13.8 Å². The van der Waals surface area contributed by atoms with Crippen LogP contribution in [0.3, 0.4) is 0 Å². The SMILES string of the molecule is CCN(c1ccc(N)cc1)C(C)N1CCOCC1. The molecule has 0 spiro atoms. The predicted molar refractivity (Wildman–Crippen MR) is 75.7 cm³/mol. The molecule has 1 saturated heterocycles. The fourth-order valence-corrected chi connectivity index (χ4v) is 2.48. The molecule has 1 unspecified atom stereocenters. The van der Waals surface area contributed by atoms with E-state index in [2.05, 4.69) is 35.8 Å². The standard InChI is InChI=1S/C14H23N3O/c1-3-17(14-6-4-13(15)5-7-14)12(2)16-8-10-18-11-9-16/h4-7,12H,3,8-11,15H2,1-2H3. The molecule has 1 fully saturated rings. The van der Waals surface area contributed by atoms with Crippen LogP contribution < -0.4 is 10.6 Å². The molecule has 0 bridgehead atoms. The molecule has 4 heteroatoms. The predicted octanol–water partition coefficient (Wildman–Crippen LogP) is 1.77. The summed E-state index contributed by atoms with van der Waals surface area (Å²) in [6, 6.07) is 8.11. The number of nitrogens with two attached hydrogens (primary N) is 1. The Morgan fingerprint density at radius 2 is 1.89 bits per heavy atom. The third-order valence-electron chi connectivity index (χ3n) is 3.59. The Kier molecular flexibility index (Phi) is 4.44. The number of nitrogen functional groups attached to an aromatic ring is 1. The summed E-state index contributed by atoms with van der Waals surface area (Å²) in [5.74, 6) is 0. The molecular formula is C14H23N3O. The van der Waals surface area contributed by atoms with Crippen molar-refractivity contribution in [3.05, 3.63) is 24.3 Å². The van der Waals surface area contributed by atoms with E-state index in [4.69, 9.17) is 10.5 Å². The van der Waals surface area contributed by atoms with E-state index in [0.717, 1.165) is 38.5 Å². The highest BCUT2D eigenvalue weighted by Crippen LogP contribution is 2.20. The first kappa shape index (κ1) is 13.2. The molecule has 2 N–H and O–H groups in total. The number of anilines is 2. The normalized spacial score (nSPS) is 18.6. The Balaban J connectivity index is 2.09. The highest BCUT2D eigenvalue weighted by Gasteiger charge is 2.22. The minimum Gasteiger partial charge on any atom is -0.399 e. The number of hydrogen-bond donors (Lipinski definition) is 1. The van der Waals surface area contributed by atoms with Crippen LogP contribution in [0.2, 0.25) is 0 Å². The summed E-state index contributed by atoms with van der Waals surface area (Å²) in [5, 5.41) is 0. The number of hydrogen-bond acceptors (Lipinski definition) is 4. The van der Waals surface area contributed by atoms with Gasteiger partial charge in [-0.2, -0.15) is 0 Å². The molecule has 4 nitrogen and oxygen atoms in total. The lowest BCUT2D eigenvalue weighted by Crippen LogP contribution is -2.51. The van der Waals surface area contributed by atoms with Gasteiger partial charge in [0.15, 0.2) is 0 Å². The van der Waals surface area contributed by atoms with Crippen LogP contribution in [-0.4, -0.2) is 43.9 Å². The van der Waals surface area contributed by atoms with Crippen LogP contribution in [0.25, 0.3) is 0 Å². The monoisotopic (exact) mass is 249 g/mol. The number of ether oxygens (including phenoxy) is 1. The lowest BCUT2D eigenvalue weighted by atomic mass is 10.2. The van der Waals surface area contributed by atoms with E-state index in [1.807, 2.05) is 12.1 Å². The van der Waals surface area contributed by atoms with Gasteiger partial charge < -0.3 is 15.4 Å². The maximum absolute atomic E-state index is 5.74. The molecule has 1 aliphatic rings. The molecule has 100 valence electrons. The molecule has 1 aliphatic heterocycles. The van der Waals surface area contributed by atoms with Crippen LogP contribution in [0, 0.1) is 0 Å². The van der Waals surface area contributed by atoms with E-state index < -0.39 is 0 Å². The second-order valence-corrected chi connectivity index (χ2v) is 4.66. The Morgan fingerprint density at radius 3 is 2.44 bits per heavy atom. The third-order valence-corrected chi connectivity index (χ3v) is 3.59. The zero-order chi connectivity index (χ0) is 13.0. The van der Waals surface area contributed by atoms with Crippen molar-refractivity contribution in [2.24, 2.45) is 0 Å². The topological polar surface area (TPSA) is 41.7 Å². The molecule has 0 radical (unpaired) electrons. The van der Waals surface area contributed by atoms with E-state index >= 15 is 0 Å². The van der Waals surface area contributed by atoms with Crippen LogP contribution >= 0.6 is 0 Å². The summed E-state index contributed by atoms with van der Waals surface area (Å²) >= 11 is 0. The summed E-state index contributed by atoms with van der Waals surface area (Å²) < 4.78 is 5.41. The van der Waals surface area contributed by atoms with E-state index in [1.165, 1.54) is 5.69 Å². The van der Waals surface area contributed by atoms with Crippen LogP contribution in [-0.2, 0) is 4.74 Å². The number of morpholine rings is 1. The van der Waals surface area contributed by atoms with Gasteiger partial charge in [-0.25, -0.2) is 0 Å². The van der Waals surface area contributed by atoms with Crippen LogP contribution in [0.5, 0.6) is 0 Å². The van der Waals surface area contributed by atoms with Gasteiger partial charge in [0, 0.05) is 31.0 Å². The Hall–Kier alpha value is -1.26. The maximum Gasteiger partial charge on any atom is 0.0793 e. The maximum atomic E-state index is 5.74. The van der Waals surface area contributed by atoms with Crippen LogP contribution in [0.15, 0.2) is 24.3 Å². The molecule has 1 atom stereocenters.